The van der Waals surface area contributed by atoms with Crippen LogP contribution in [-0.2, 0) is 11.3 Å². The van der Waals surface area contributed by atoms with Crippen molar-refractivity contribution >= 4 is 23.3 Å². The Morgan fingerprint density at radius 1 is 1.03 bits per heavy atom. The lowest BCUT2D eigenvalue weighted by molar-refractivity contribution is -0.115. The molecule has 1 amide bonds. The van der Waals surface area contributed by atoms with Crippen LogP contribution in [0.5, 0.6) is 11.5 Å². The summed E-state index contributed by atoms with van der Waals surface area (Å²) in [4.78, 5) is 28.3. The number of ether oxygens (including phenoxy) is 2. The van der Waals surface area contributed by atoms with E-state index < -0.39 is 5.97 Å². The number of nitrogens with zero attached hydrogens (tertiary/aromatic N) is 3. The maximum atomic E-state index is 12.4. The van der Waals surface area contributed by atoms with Crippen LogP contribution in [0.4, 0.5) is 11.4 Å². The Balaban J connectivity index is 1.31. The summed E-state index contributed by atoms with van der Waals surface area (Å²) >= 11 is 0. The average molecular weight is 519 g/mol. The lowest BCUT2D eigenvalue weighted by atomic mass is 9.99. The molecule has 9 heteroatoms. The zero-order chi connectivity index (χ0) is 26.6. The average Bonchev–Trinajstić information content (AvgIpc) is 3.43. The van der Waals surface area contributed by atoms with Crippen LogP contribution in [0.2, 0.25) is 0 Å². The van der Waals surface area contributed by atoms with Gasteiger partial charge in [-0.05, 0) is 74.7 Å². The molecule has 2 aromatic carbocycles. The van der Waals surface area contributed by atoms with E-state index in [1.54, 1.807) is 18.2 Å². The number of likely N-dealkylation sites (tertiary alicyclic amines) is 1. The summed E-state index contributed by atoms with van der Waals surface area (Å²) < 4.78 is 14.1. The predicted octanol–water partition coefficient (Wildman–Crippen LogP) is 4.40. The highest BCUT2D eigenvalue weighted by Crippen LogP contribution is 2.37. The summed E-state index contributed by atoms with van der Waals surface area (Å²) in [6.45, 7) is 7.92. The molecule has 0 radical (unpaired) electrons. The Labute approximate surface area is 222 Å². The van der Waals surface area contributed by atoms with E-state index in [1.807, 2.05) is 42.9 Å². The van der Waals surface area contributed by atoms with Gasteiger partial charge in [0.1, 0.15) is 17.2 Å². The van der Waals surface area contributed by atoms with E-state index in [1.165, 1.54) is 0 Å². The molecule has 1 saturated heterocycles. The number of carbonyl (C=O) groups excluding carboxylic acids is 1. The van der Waals surface area contributed by atoms with Gasteiger partial charge in [-0.3, -0.25) is 9.69 Å². The van der Waals surface area contributed by atoms with Gasteiger partial charge in [0.25, 0.3) is 0 Å². The quantitative estimate of drug-likeness (QED) is 0.434. The molecule has 0 aliphatic carbocycles. The number of carboxylic acids is 1. The van der Waals surface area contributed by atoms with Gasteiger partial charge >= 0.3 is 5.97 Å². The summed E-state index contributed by atoms with van der Waals surface area (Å²) in [5.41, 5.74) is 3.67. The molecule has 5 rings (SSSR count). The van der Waals surface area contributed by atoms with E-state index in [0.717, 1.165) is 60.9 Å². The molecule has 3 heterocycles. The van der Waals surface area contributed by atoms with E-state index in [-0.39, 0.29) is 24.1 Å². The number of hydrogen-bond donors (Lipinski definition) is 2. The molecule has 9 nitrogen and oxygen atoms in total. The van der Waals surface area contributed by atoms with Crippen LogP contribution in [0.1, 0.15) is 42.6 Å². The zero-order valence-corrected chi connectivity index (χ0v) is 21.9. The summed E-state index contributed by atoms with van der Waals surface area (Å²) in [5, 5.41) is 12.2. The molecule has 2 N–H and O–H groups in total. The molecular weight excluding hydrogens is 484 g/mol. The summed E-state index contributed by atoms with van der Waals surface area (Å²) in [6, 6.07) is 13.3. The Morgan fingerprint density at radius 3 is 2.29 bits per heavy atom. The van der Waals surface area contributed by atoms with Crippen LogP contribution in [0.3, 0.4) is 0 Å². The van der Waals surface area contributed by atoms with Crippen molar-refractivity contribution in [3.05, 3.63) is 66.0 Å². The topological polar surface area (TPSA) is 96.3 Å². The van der Waals surface area contributed by atoms with Crippen molar-refractivity contribution in [2.45, 2.75) is 39.3 Å². The number of aromatic nitrogens is 1. The second kappa shape index (κ2) is 11.2. The zero-order valence-electron chi connectivity index (χ0n) is 21.9. The van der Waals surface area contributed by atoms with Gasteiger partial charge in [-0.25, -0.2) is 4.79 Å². The molecular formula is C29H34N4O5. The number of anilines is 2. The van der Waals surface area contributed by atoms with E-state index in [4.69, 9.17) is 9.47 Å². The van der Waals surface area contributed by atoms with E-state index in [9.17, 15) is 14.7 Å². The van der Waals surface area contributed by atoms with Crippen LogP contribution in [0, 0.1) is 0 Å². The first kappa shape index (κ1) is 25.7. The van der Waals surface area contributed by atoms with Gasteiger partial charge in [0, 0.05) is 38.1 Å². The van der Waals surface area contributed by atoms with Gasteiger partial charge in [-0.2, -0.15) is 0 Å². The Bertz CT molecular complexity index is 1270. The first-order valence-electron chi connectivity index (χ1n) is 13.2. The molecule has 0 saturated carbocycles. The van der Waals surface area contributed by atoms with Crippen molar-refractivity contribution in [2.24, 2.45) is 0 Å². The number of benzene rings is 2. The minimum Gasteiger partial charge on any atom is -0.492 e. The maximum absolute atomic E-state index is 12.4. The lowest BCUT2D eigenvalue weighted by Gasteiger charge is -2.42. The highest BCUT2D eigenvalue weighted by Gasteiger charge is 2.31. The normalized spacial score (nSPS) is 16.2. The van der Waals surface area contributed by atoms with Crippen LogP contribution in [-0.4, -0.2) is 65.3 Å². The number of fused-ring (bicyclic) bond motifs is 1. The van der Waals surface area contributed by atoms with Crippen LogP contribution in [0.15, 0.2) is 54.9 Å². The number of carbonyl (C=O) groups is 2. The number of rotatable bonds is 9. The van der Waals surface area contributed by atoms with E-state index in [0.29, 0.717) is 18.9 Å². The molecule has 0 unspecified atom stereocenters. The fourth-order valence-corrected chi connectivity index (χ4v) is 5.42. The number of carboxylic acid groups (broad SMARTS) is 1. The standard InChI is InChI=1S/C29H34N4O5/c1-3-37-25-15-20(16-26(38-4-2)28(25)32-11-5-6-12-32)18-31-13-9-22(10-14-31)33-19-27(34)30-23-17-21(29(35)36)7-8-24(23)33/h5-8,11-12,15-17,22H,3-4,9-10,13-14,18-19H2,1-2H3,(H,30,34)(H,35,36). The first-order valence-corrected chi connectivity index (χ1v) is 13.2. The van der Waals surface area contributed by atoms with Crippen molar-refractivity contribution in [1.29, 1.82) is 0 Å². The fourth-order valence-electron chi connectivity index (χ4n) is 5.42. The fraction of sp³-hybridized carbons (Fsp3) is 0.379. The summed E-state index contributed by atoms with van der Waals surface area (Å²) in [5.74, 6) is 0.485. The minimum atomic E-state index is -1.01. The molecule has 0 bridgehead atoms. The number of nitrogens with one attached hydrogen (secondary N) is 1. The third-order valence-electron chi connectivity index (χ3n) is 7.11. The van der Waals surface area contributed by atoms with Gasteiger partial charge in [0.15, 0.2) is 0 Å². The van der Waals surface area contributed by atoms with Gasteiger partial charge in [0.05, 0.1) is 36.7 Å². The van der Waals surface area contributed by atoms with Crippen molar-refractivity contribution in [3.8, 4) is 17.2 Å². The van der Waals surface area contributed by atoms with Crippen LogP contribution < -0.4 is 19.7 Å². The lowest BCUT2D eigenvalue weighted by Crippen LogP contribution is -2.49. The third kappa shape index (κ3) is 5.33. The van der Waals surface area contributed by atoms with Crippen molar-refractivity contribution in [3.63, 3.8) is 0 Å². The molecule has 200 valence electrons. The number of hydrogen-bond acceptors (Lipinski definition) is 6. The molecule has 2 aliphatic heterocycles. The van der Waals surface area contributed by atoms with Crippen molar-refractivity contribution in [2.75, 3.05) is 43.1 Å². The molecule has 0 spiro atoms. The Hall–Kier alpha value is -3.98. The second-order valence-corrected chi connectivity index (χ2v) is 9.62. The smallest absolute Gasteiger partial charge is 0.335 e. The highest BCUT2D eigenvalue weighted by molar-refractivity contribution is 6.03. The Morgan fingerprint density at radius 2 is 1.68 bits per heavy atom. The largest absolute Gasteiger partial charge is 0.492 e. The summed E-state index contributed by atoms with van der Waals surface area (Å²) in [6.07, 6.45) is 5.80. The van der Waals surface area contributed by atoms with Crippen LogP contribution in [0.25, 0.3) is 5.69 Å². The predicted molar refractivity (Wildman–Crippen MR) is 146 cm³/mol. The van der Waals surface area contributed by atoms with Gasteiger partial charge < -0.3 is 29.4 Å². The van der Waals surface area contributed by atoms with E-state index >= 15 is 0 Å². The number of piperidine rings is 1. The SMILES string of the molecule is CCOc1cc(CN2CCC(N3CC(=O)Nc4cc(C(=O)O)ccc43)CC2)cc(OCC)c1-n1cccc1. The second-order valence-electron chi connectivity index (χ2n) is 9.62. The first-order chi connectivity index (χ1) is 18.5. The maximum Gasteiger partial charge on any atom is 0.335 e. The van der Waals surface area contributed by atoms with Crippen molar-refractivity contribution < 1.29 is 24.2 Å². The number of amides is 1. The minimum absolute atomic E-state index is 0.114. The van der Waals surface area contributed by atoms with Crippen LogP contribution >= 0.6 is 0 Å². The molecule has 0 atom stereocenters. The van der Waals surface area contributed by atoms with Gasteiger partial charge in [-0.1, -0.05) is 0 Å². The van der Waals surface area contributed by atoms with Gasteiger partial charge in [0.2, 0.25) is 5.91 Å². The molecule has 1 aromatic heterocycles. The highest BCUT2D eigenvalue weighted by atomic mass is 16.5. The molecule has 3 aromatic rings. The molecule has 2 aliphatic rings. The Kier molecular flexibility index (Phi) is 7.55. The molecule has 38 heavy (non-hydrogen) atoms. The monoisotopic (exact) mass is 518 g/mol. The third-order valence-corrected chi connectivity index (χ3v) is 7.11. The number of aromatic carboxylic acids is 1. The summed E-state index contributed by atoms with van der Waals surface area (Å²) in [7, 11) is 0. The molecule has 1 fully saturated rings. The van der Waals surface area contributed by atoms with E-state index in [2.05, 4.69) is 27.2 Å². The van der Waals surface area contributed by atoms with Crippen molar-refractivity contribution in [1.82, 2.24) is 9.47 Å². The van der Waals surface area contributed by atoms with Gasteiger partial charge in [-0.15, -0.1) is 0 Å².